The van der Waals surface area contributed by atoms with Crippen LogP contribution >= 0.6 is 0 Å². The van der Waals surface area contributed by atoms with Gasteiger partial charge < -0.3 is 9.84 Å². The molecule has 2 aromatic rings. The monoisotopic (exact) mass is 247 g/mol. The zero-order chi connectivity index (χ0) is 13.0. The molecule has 0 aliphatic carbocycles. The molecule has 0 spiro atoms. The van der Waals surface area contributed by atoms with Gasteiger partial charge in [-0.15, -0.1) is 0 Å². The molecule has 1 atom stereocenters. The van der Waals surface area contributed by atoms with Gasteiger partial charge in [-0.1, -0.05) is 19.1 Å². The Balaban J connectivity index is 1.96. The number of nitrogens with zero attached hydrogens (tertiary/aromatic N) is 3. The van der Waals surface area contributed by atoms with E-state index in [1.165, 1.54) is 6.33 Å². The third-order valence-electron chi connectivity index (χ3n) is 2.82. The second kappa shape index (κ2) is 5.64. The smallest absolute Gasteiger partial charge is 0.164 e. The summed E-state index contributed by atoms with van der Waals surface area (Å²) in [5.41, 5.74) is 0.906. The van der Waals surface area contributed by atoms with Crippen molar-refractivity contribution in [2.45, 2.75) is 26.1 Å². The summed E-state index contributed by atoms with van der Waals surface area (Å²) in [6.07, 6.45) is 1.80. The van der Waals surface area contributed by atoms with Gasteiger partial charge >= 0.3 is 0 Å². The Morgan fingerprint density at radius 3 is 2.61 bits per heavy atom. The van der Waals surface area contributed by atoms with Crippen LogP contribution < -0.4 is 4.74 Å². The fourth-order valence-electron chi connectivity index (χ4n) is 1.62. The van der Waals surface area contributed by atoms with Crippen LogP contribution in [-0.4, -0.2) is 19.9 Å². The molecule has 0 fully saturated rings. The lowest BCUT2D eigenvalue weighted by molar-refractivity contribution is 0.173. The van der Waals surface area contributed by atoms with Crippen LogP contribution in [0.5, 0.6) is 5.75 Å². The van der Waals surface area contributed by atoms with Gasteiger partial charge in [0.25, 0.3) is 0 Å². The van der Waals surface area contributed by atoms with Crippen molar-refractivity contribution in [3.63, 3.8) is 0 Å². The Labute approximate surface area is 106 Å². The molecule has 0 bridgehead atoms. The molecular weight excluding hydrogens is 230 g/mol. The SMILES string of the molecule is CC[C@@H](O)c1ccc(OCc2ncnn2C)cc1. The molecule has 96 valence electrons. The number of benzene rings is 1. The number of hydrogen-bond donors (Lipinski definition) is 1. The van der Waals surface area contributed by atoms with Gasteiger partial charge in [0.05, 0.1) is 6.10 Å². The normalized spacial score (nSPS) is 12.4. The molecule has 18 heavy (non-hydrogen) atoms. The number of ether oxygens (including phenoxy) is 1. The Morgan fingerprint density at radius 1 is 1.33 bits per heavy atom. The van der Waals surface area contributed by atoms with E-state index < -0.39 is 6.10 Å². The van der Waals surface area contributed by atoms with E-state index in [4.69, 9.17) is 4.74 Å². The van der Waals surface area contributed by atoms with Crippen LogP contribution in [0.25, 0.3) is 0 Å². The number of hydrogen-bond acceptors (Lipinski definition) is 4. The number of aliphatic hydroxyl groups excluding tert-OH is 1. The fourth-order valence-corrected chi connectivity index (χ4v) is 1.62. The van der Waals surface area contributed by atoms with Gasteiger partial charge in [0.1, 0.15) is 18.7 Å². The molecule has 0 unspecified atom stereocenters. The van der Waals surface area contributed by atoms with E-state index in [0.29, 0.717) is 13.0 Å². The molecule has 2 rings (SSSR count). The highest BCUT2D eigenvalue weighted by atomic mass is 16.5. The van der Waals surface area contributed by atoms with E-state index in [1.54, 1.807) is 4.68 Å². The number of rotatable bonds is 5. The highest BCUT2D eigenvalue weighted by molar-refractivity contribution is 5.28. The van der Waals surface area contributed by atoms with E-state index in [2.05, 4.69) is 10.1 Å². The number of aryl methyl sites for hydroxylation is 1. The standard InChI is InChI=1S/C13H17N3O2/c1-3-12(17)10-4-6-11(7-5-10)18-8-13-14-9-15-16(13)2/h4-7,9,12,17H,3,8H2,1-2H3/t12-/m1/s1. The van der Waals surface area contributed by atoms with E-state index in [-0.39, 0.29) is 0 Å². The summed E-state index contributed by atoms with van der Waals surface area (Å²) in [6, 6.07) is 7.45. The van der Waals surface area contributed by atoms with Crippen LogP contribution in [0.1, 0.15) is 30.8 Å². The van der Waals surface area contributed by atoms with Crippen LogP contribution in [0, 0.1) is 0 Å². The van der Waals surface area contributed by atoms with E-state index >= 15 is 0 Å². The van der Waals surface area contributed by atoms with Crippen LogP contribution in [0.4, 0.5) is 0 Å². The van der Waals surface area contributed by atoms with Gasteiger partial charge in [0.2, 0.25) is 0 Å². The maximum Gasteiger partial charge on any atom is 0.164 e. The first-order chi connectivity index (χ1) is 8.70. The van der Waals surface area contributed by atoms with E-state index in [9.17, 15) is 5.11 Å². The van der Waals surface area contributed by atoms with Gasteiger partial charge in [-0.25, -0.2) is 4.98 Å². The summed E-state index contributed by atoms with van der Waals surface area (Å²) < 4.78 is 7.27. The average molecular weight is 247 g/mol. The van der Waals surface area contributed by atoms with Crippen LogP contribution in [-0.2, 0) is 13.7 Å². The summed E-state index contributed by atoms with van der Waals surface area (Å²) in [6.45, 7) is 2.33. The summed E-state index contributed by atoms with van der Waals surface area (Å²) in [7, 11) is 1.83. The topological polar surface area (TPSA) is 60.2 Å². The summed E-state index contributed by atoms with van der Waals surface area (Å²) >= 11 is 0. The molecule has 5 heteroatoms. The minimum atomic E-state index is -0.405. The average Bonchev–Trinajstić information content (AvgIpc) is 2.81. The predicted octanol–water partition coefficient (Wildman–Crippen LogP) is 1.84. The Hall–Kier alpha value is -1.88. The summed E-state index contributed by atoms with van der Waals surface area (Å²) in [5.74, 6) is 1.53. The second-order valence-corrected chi connectivity index (χ2v) is 4.08. The lowest BCUT2D eigenvalue weighted by Crippen LogP contribution is -2.04. The van der Waals surface area contributed by atoms with E-state index in [0.717, 1.165) is 17.1 Å². The van der Waals surface area contributed by atoms with Crippen molar-refractivity contribution in [1.82, 2.24) is 14.8 Å². The third kappa shape index (κ3) is 2.87. The minimum absolute atomic E-state index is 0.381. The molecule has 0 saturated carbocycles. The van der Waals surface area contributed by atoms with Crippen molar-refractivity contribution < 1.29 is 9.84 Å². The molecule has 0 saturated heterocycles. The Morgan fingerprint density at radius 2 is 2.06 bits per heavy atom. The third-order valence-corrected chi connectivity index (χ3v) is 2.82. The minimum Gasteiger partial charge on any atom is -0.486 e. The molecule has 1 heterocycles. The first-order valence-electron chi connectivity index (χ1n) is 5.94. The first kappa shape index (κ1) is 12.6. The van der Waals surface area contributed by atoms with Gasteiger partial charge in [0.15, 0.2) is 5.82 Å². The van der Waals surface area contributed by atoms with Crippen molar-refractivity contribution in [1.29, 1.82) is 0 Å². The summed E-state index contributed by atoms with van der Waals surface area (Å²) in [5, 5.41) is 13.6. The second-order valence-electron chi connectivity index (χ2n) is 4.08. The predicted molar refractivity (Wildman–Crippen MR) is 67.0 cm³/mol. The highest BCUT2D eigenvalue weighted by Gasteiger charge is 2.05. The first-order valence-corrected chi connectivity index (χ1v) is 5.94. The van der Waals surface area contributed by atoms with Gasteiger partial charge in [-0.2, -0.15) is 5.10 Å². The maximum absolute atomic E-state index is 9.67. The van der Waals surface area contributed by atoms with Gasteiger partial charge in [-0.05, 0) is 24.1 Å². The zero-order valence-electron chi connectivity index (χ0n) is 10.6. The molecule has 5 nitrogen and oxygen atoms in total. The highest BCUT2D eigenvalue weighted by Crippen LogP contribution is 2.20. The summed E-state index contributed by atoms with van der Waals surface area (Å²) in [4.78, 5) is 4.08. The van der Waals surface area contributed by atoms with Crippen molar-refractivity contribution >= 4 is 0 Å². The molecule has 0 amide bonds. The Kier molecular flexibility index (Phi) is 3.94. The lowest BCUT2D eigenvalue weighted by Gasteiger charge is -2.09. The van der Waals surface area contributed by atoms with Crippen molar-refractivity contribution in [2.75, 3.05) is 0 Å². The fraction of sp³-hybridized carbons (Fsp3) is 0.385. The van der Waals surface area contributed by atoms with Crippen LogP contribution in [0.2, 0.25) is 0 Å². The Bertz CT molecular complexity index is 493. The largest absolute Gasteiger partial charge is 0.486 e. The molecule has 1 aromatic carbocycles. The molecule has 1 N–H and O–H groups in total. The molecule has 0 radical (unpaired) electrons. The van der Waals surface area contributed by atoms with Crippen molar-refractivity contribution in [3.8, 4) is 5.75 Å². The maximum atomic E-state index is 9.67. The number of aliphatic hydroxyl groups is 1. The van der Waals surface area contributed by atoms with Crippen molar-refractivity contribution in [2.24, 2.45) is 7.05 Å². The molecular formula is C13H17N3O2. The molecule has 1 aromatic heterocycles. The zero-order valence-corrected chi connectivity index (χ0v) is 10.6. The van der Waals surface area contributed by atoms with Crippen LogP contribution in [0.3, 0.4) is 0 Å². The lowest BCUT2D eigenvalue weighted by atomic mass is 10.1. The molecule has 0 aliphatic rings. The van der Waals surface area contributed by atoms with Crippen molar-refractivity contribution in [3.05, 3.63) is 42.0 Å². The molecule has 0 aliphatic heterocycles. The number of aromatic nitrogens is 3. The van der Waals surface area contributed by atoms with E-state index in [1.807, 2.05) is 38.2 Å². The van der Waals surface area contributed by atoms with Gasteiger partial charge in [0, 0.05) is 7.05 Å². The quantitative estimate of drug-likeness (QED) is 0.875. The van der Waals surface area contributed by atoms with Gasteiger partial charge in [-0.3, -0.25) is 4.68 Å². The van der Waals surface area contributed by atoms with Crippen LogP contribution in [0.15, 0.2) is 30.6 Å².